The Labute approximate surface area is 83.0 Å². The summed E-state index contributed by atoms with van der Waals surface area (Å²) in [6.07, 6.45) is 0. The zero-order chi connectivity index (χ0) is 7.44. The van der Waals surface area contributed by atoms with E-state index in [2.05, 4.69) is 0 Å². The van der Waals surface area contributed by atoms with Crippen molar-refractivity contribution in [1.82, 2.24) is 0 Å². The van der Waals surface area contributed by atoms with Crippen molar-refractivity contribution >= 4 is 44.8 Å². The summed E-state index contributed by atoms with van der Waals surface area (Å²) in [4.78, 5) is 26.8. The number of rotatable bonds is 3. The second kappa shape index (κ2) is 6.33. The van der Waals surface area contributed by atoms with E-state index in [-0.39, 0.29) is 35.6 Å². The fourth-order valence-electron chi connectivity index (χ4n) is 0.417. The molecule has 0 fully saturated rings. The van der Waals surface area contributed by atoms with Crippen LogP contribution in [0.3, 0.4) is 0 Å². The Hall–Kier alpha value is 0.607. The Kier molecular flexibility index (Phi) is 8.36. The molecule has 6 heteroatoms. The Morgan fingerprint density at radius 2 is 2.00 bits per heavy atom. The monoisotopic (exact) mass is 174 g/mol. The van der Waals surface area contributed by atoms with E-state index in [9.17, 15) is 4.79 Å². The van der Waals surface area contributed by atoms with Crippen LogP contribution in [0.4, 0.5) is 0 Å². The van der Waals surface area contributed by atoms with Crippen molar-refractivity contribution in [2.75, 3.05) is 0 Å². The number of carboxylic acid groups (broad SMARTS) is 1. The number of hydrogen-bond donors (Lipinski definition) is 3. The molecule has 0 aromatic rings. The molecule has 3 N–H and O–H groups in total. The molecule has 0 aromatic heterocycles. The van der Waals surface area contributed by atoms with Crippen molar-refractivity contribution in [2.24, 2.45) is 5.92 Å². The van der Waals surface area contributed by atoms with Crippen molar-refractivity contribution in [2.45, 2.75) is 13.0 Å². The Bertz CT molecular complexity index is 107. The first kappa shape index (κ1) is 13.2. The van der Waals surface area contributed by atoms with Crippen LogP contribution < -0.4 is 0 Å². The Balaban J connectivity index is 0. The molecule has 0 spiro atoms. The van der Waals surface area contributed by atoms with Gasteiger partial charge in [-0.05, 0) is 0 Å². The van der Waals surface area contributed by atoms with E-state index in [0.717, 1.165) is 0 Å². The third-order valence-electron chi connectivity index (χ3n) is 0.986. The SMILES string of the molecule is CC(C[SiH](O)O)C(=O)O.[NaH]. The maximum atomic E-state index is 10.0. The second-order valence-corrected chi connectivity index (χ2v) is 3.39. The fourth-order valence-corrected chi connectivity index (χ4v) is 1.25. The fraction of sp³-hybridized carbons (Fsp3) is 0.750. The molecule has 0 aromatic carbocycles. The van der Waals surface area contributed by atoms with Crippen molar-refractivity contribution in [3.63, 3.8) is 0 Å². The van der Waals surface area contributed by atoms with Gasteiger partial charge in [-0.25, -0.2) is 0 Å². The maximum absolute atomic E-state index is 10.0. The molecule has 0 saturated carbocycles. The molecule has 0 aliphatic heterocycles. The first-order valence-electron chi connectivity index (χ1n) is 2.63. The molecule has 0 aliphatic rings. The van der Waals surface area contributed by atoms with Crippen molar-refractivity contribution in [1.29, 1.82) is 0 Å². The molecule has 0 bridgehead atoms. The van der Waals surface area contributed by atoms with Gasteiger partial charge in [0, 0.05) is 6.04 Å². The first-order valence-corrected chi connectivity index (χ1v) is 4.48. The molecule has 1 atom stereocenters. The van der Waals surface area contributed by atoms with Gasteiger partial charge in [-0.2, -0.15) is 0 Å². The van der Waals surface area contributed by atoms with Gasteiger partial charge in [-0.3, -0.25) is 4.79 Å². The summed E-state index contributed by atoms with van der Waals surface area (Å²) in [6.45, 7) is 1.45. The minimum atomic E-state index is -2.67. The summed E-state index contributed by atoms with van der Waals surface area (Å²) in [5, 5.41) is 8.23. The summed E-state index contributed by atoms with van der Waals surface area (Å²) in [6, 6.07) is 0.0231. The van der Waals surface area contributed by atoms with Crippen molar-refractivity contribution in [3.05, 3.63) is 0 Å². The van der Waals surface area contributed by atoms with Crippen LogP contribution in [0.1, 0.15) is 6.92 Å². The van der Waals surface area contributed by atoms with Crippen molar-refractivity contribution in [3.8, 4) is 0 Å². The second-order valence-electron chi connectivity index (χ2n) is 1.96. The standard InChI is InChI=1S/C4H10O4Si.Na.H/c1-3(4(5)6)2-9(7)8;;/h3,7-9H,2H2,1H3,(H,5,6);;. The molecule has 1 unspecified atom stereocenters. The van der Waals surface area contributed by atoms with E-state index in [1.54, 1.807) is 0 Å². The average Bonchev–Trinajstić information content (AvgIpc) is 1.63. The molecule has 0 rings (SSSR count). The predicted molar refractivity (Wildman–Crippen MR) is 40.3 cm³/mol. The van der Waals surface area contributed by atoms with Gasteiger partial charge in [-0.1, -0.05) is 6.92 Å². The van der Waals surface area contributed by atoms with Crippen LogP contribution in [0, 0.1) is 5.92 Å². The van der Waals surface area contributed by atoms with Gasteiger partial charge >= 0.3 is 44.8 Å². The van der Waals surface area contributed by atoms with Crippen LogP contribution in [-0.2, 0) is 4.79 Å². The van der Waals surface area contributed by atoms with E-state index < -0.39 is 21.2 Å². The summed E-state index contributed by atoms with van der Waals surface area (Å²) in [5.74, 6) is -1.60. The van der Waals surface area contributed by atoms with E-state index in [1.165, 1.54) is 6.92 Å². The first-order chi connectivity index (χ1) is 4.04. The van der Waals surface area contributed by atoms with Crippen LogP contribution in [0.15, 0.2) is 0 Å². The summed E-state index contributed by atoms with van der Waals surface area (Å²) < 4.78 is 0. The zero-order valence-electron chi connectivity index (χ0n) is 5.11. The van der Waals surface area contributed by atoms with Gasteiger partial charge in [0.1, 0.15) is 0 Å². The van der Waals surface area contributed by atoms with Crippen LogP contribution in [0.25, 0.3) is 0 Å². The molecule has 0 saturated heterocycles. The normalized spacial score (nSPS) is 12.4. The van der Waals surface area contributed by atoms with Gasteiger partial charge < -0.3 is 14.7 Å². The molecule has 0 radical (unpaired) electrons. The summed E-state index contributed by atoms with van der Waals surface area (Å²) in [7, 11) is -2.67. The number of hydrogen-bond acceptors (Lipinski definition) is 3. The van der Waals surface area contributed by atoms with Gasteiger partial charge in [0.15, 0.2) is 0 Å². The molecule has 10 heavy (non-hydrogen) atoms. The quantitative estimate of drug-likeness (QED) is 0.444. The molecule has 0 heterocycles. The zero-order valence-corrected chi connectivity index (χ0v) is 6.27. The van der Waals surface area contributed by atoms with E-state index in [1.807, 2.05) is 0 Å². The van der Waals surface area contributed by atoms with E-state index >= 15 is 0 Å². The van der Waals surface area contributed by atoms with Gasteiger partial charge in [0.2, 0.25) is 0 Å². The number of carbonyl (C=O) groups is 1. The Morgan fingerprint density at radius 3 is 2.10 bits per heavy atom. The van der Waals surface area contributed by atoms with Gasteiger partial charge in [-0.15, -0.1) is 0 Å². The van der Waals surface area contributed by atoms with Crippen molar-refractivity contribution < 1.29 is 19.5 Å². The van der Waals surface area contributed by atoms with Crippen LogP contribution >= 0.6 is 0 Å². The number of aliphatic carboxylic acids is 1. The average molecular weight is 174 g/mol. The van der Waals surface area contributed by atoms with Crippen LogP contribution in [-0.4, -0.2) is 59.5 Å². The summed E-state index contributed by atoms with van der Waals surface area (Å²) >= 11 is 0. The number of carboxylic acids is 1. The molecule has 0 aliphatic carbocycles. The predicted octanol–water partition coefficient (Wildman–Crippen LogP) is -1.74. The minimum absolute atomic E-state index is 0. The van der Waals surface area contributed by atoms with E-state index in [0.29, 0.717) is 0 Å². The van der Waals surface area contributed by atoms with Gasteiger partial charge in [0.25, 0.3) is 0 Å². The van der Waals surface area contributed by atoms with Crippen LogP contribution in [0.5, 0.6) is 0 Å². The van der Waals surface area contributed by atoms with E-state index in [4.69, 9.17) is 14.7 Å². The third kappa shape index (κ3) is 6.72. The Morgan fingerprint density at radius 1 is 1.60 bits per heavy atom. The molecule has 56 valence electrons. The molecular weight excluding hydrogens is 163 g/mol. The van der Waals surface area contributed by atoms with Crippen LogP contribution in [0.2, 0.25) is 6.04 Å². The molecule has 0 amide bonds. The third-order valence-corrected chi connectivity index (χ3v) is 2.11. The topological polar surface area (TPSA) is 77.8 Å². The molecular formula is C4H11NaO4Si. The summed E-state index contributed by atoms with van der Waals surface area (Å²) in [5.41, 5.74) is 0. The van der Waals surface area contributed by atoms with Gasteiger partial charge in [0.05, 0.1) is 5.92 Å². The molecule has 4 nitrogen and oxygen atoms in total.